The molecule has 134 valence electrons. The Morgan fingerprint density at radius 1 is 1.04 bits per heavy atom. The first-order chi connectivity index (χ1) is 11.9. The second-order valence-corrected chi connectivity index (χ2v) is 7.36. The molecular formula is C18H22N2O4S. The van der Waals surface area contributed by atoms with Crippen LogP contribution in [0.5, 0.6) is 0 Å². The van der Waals surface area contributed by atoms with Crippen LogP contribution in [-0.2, 0) is 21.4 Å². The molecule has 6 nitrogen and oxygen atoms in total. The zero-order valence-electron chi connectivity index (χ0n) is 14.5. The highest BCUT2D eigenvalue weighted by atomic mass is 32.2. The summed E-state index contributed by atoms with van der Waals surface area (Å²) in [6.07, 6.45) is 0. The topological polar surface area (TPSA) is 66.9 Å². The molecule has 0 saturated heterocycles. The predicted octanol–water partition coefficient (Wildman–Crippen LogP) is 2.53. The van der Waals surface area contributed by atoms with Gasteiger partial charge in [0.15, 0.2) is 0 Å². The Kier molecular flexibility index (Phi) is 6.30. The lowest BCUT2D eigenvalue weighted by Crippen LogP contribution is -2.30. The molecule has 0 bridgehead atoms. The first-order valence-electron chi connectivity index (χ1n) is 7.86. The lowest BCUT2D eigenvalue weighted by Gasteiger charge is -2.21. The van der Waals surface area contributed by atoms with Crippen molar-refractivity contribution in [2.45, 2.75) is 18.4 Å². The van der Waals surface area contributed by atoms with Crippen LogP contribution in [0.3, 0.4) is 0 Å². The average molecular weight is 362 g/mol. The van der Waals surface area contributed by atoms with Crippen molar-refractivity contribution in [2.24, 2.45) is 0 Å². The van der Waals surface area contributed by atoms with Crippen molar-refractivity contribution in [3.8, 4) is 0 Å². The molecule has 7 heteroatoms. The van der Waals surface area contributed by atoms with Gasteiger partial charge in [0.25, 0.3) is 15.9 Å². The Balaban J connectivity index is 2.19. The molecular weight excluding hydrogens is 340 g/mol. The van der Waals surface area contributed by atoms with Crippen LogP contribution < -0.4 is 0 Å². The van der Waals surface area contributed by atoms with Crippen LogP contribution in [0.2, 0.25) is 0 Å². The van der Waals surface area contributed by atoms with Crippen molar-refractivity contribution in [3.63, 3.8) is 0 Å². The van der Waals surface area contributed by atoms with E-state index in [9.17, 15) is 13.2 Å². The van der Waals surface area contributed by atoms with E-state index in [1.165, 1.54) is 38.4 Å². The Morgan fingerprint density at radius 3 is 2.16 bits per heavy atom. The molecule has 2 aromatic carbocycles. The van der Waals surface area contributed by atoms with Gasteiger partial charge in [0.05, 0.1) is 12.0 Å². The van der Waals surface area contributed by atoms with Crippen molar-refractivity contribution in [1.29, 1.82) is 0 Å². The molecule has 0 radical (unpaired) electrons. The second kappa shape index (κ2) is 8.24. The highest BCUT2D eigenvalue weighted by Gasteiger charge is 2.22. The normalized spacial score (nSPS) is 11.5. The summed E-state index contributed by atoms with van der Waals surface area (Å²) in [5, 5.41) is 0. The van der Waals surface area contributed by atoms with Crippen molar-refractivity contribution >= 4 is 15.9 Å². The number of nitrogens with zero attached hydrogens (tertiary/aromatic N) is 2. The van der Waals surface area contributed by atoms with Gasteiger partial charge in [-0.2, -0.15) is 0 Å². The minimum Gasteiger partial charge on any atom is -0.335 e. The molecule has 0 N–H and O–H groups in total. The smallest absolute Gasteiger partial charge is 0.264 e. The minimum absolute atomic E-state index is 0.0690. The van der Waals surface area contributed by atoms with Gasteiger partial charge in [0.2, 0.25) is 0 Å². The second-order valence-electron chi connectivity index (χ2n) is 5.43. The Bertz CT molecular complexity index is 805. The molecule has 0 spiro atoms. The molecule has 0 aliphatic carbocycles. The van der Waals surface area contributed by atoms with Gasteiger partial charge in [0, 0.05) is 25.7 Å². The largest absolute Gasteiger partial charge is 0.335 e. The quantitative estimate of drug-likeness (QED) is 0.710. The summed E-state index contributed by atoms with van der Waals surface area (Å²) >= 11 is 0. The number of hydroxylamine groups is 1. The van der Waals surface area contributed by atoms with Gasteiger partial charge in [-0.15, -0.1) is 0 Å². The zero-order valence-corrected chi connectivity index (χ0v) is 15.4. The van der Waals surface area contributed by atoms with Crippen LogP contribution in [0.25, 0.3) is 0 Å². The van der Waals surface area contributed by atoms with E-state index in [0.717, 1.165) is 10.0 Å². The Hall–Kier alpha value is -2.22. The number of carbonyl (C=O) groups excluding carboxylic acids is 1. The molecule has 0 aliphatic heterocycles. The van der Waals surface area contributed by atoms with E-state index in [0.29, 0.717) is 18.7 Å². The fraction of sp³-hybridized carbons (Fsp3) is 0.278. The molecule has 25 heavy (non-hydrogen) atoms. The van der Waals surface area contributed by atoms with Crippen LogP contribution in [0.4, 0.5) is 0 Å². The number of amides is 1. The summed E-state index contributed by atoms with van der Waals surface area (Å²) in [7, 11) is -1.13. The van der Waals surface area contributed by atoms with E-state index in [1.807, 2.05) is 37.3 Å². The van der Waals surface area contributed by atoms with E-state index in [1.54, 1.807) is 4.90 Å². The molecule has 0 saturated carbocycles. The van der Waals surface area contributed by atoms with Crippen LogP contribution in [0.15, 0.2) is 59.5 Å². The van der Waals surface area contributed by atoms with Crippen LogP contribution in [-0.4, -0.2) is 44.4 Å². The van der Waals surface area contributed by atoms with Crippen molar-refractivity contribution in [2.75, 3.05) is 20.7 Å². The molecule has 0 unspecified atom stereocenters. The Labute approximate surface area is 148 Å². The maximum Gasteiger partial charge on any atom is 0.264 e. The van der Waals surface area contributed by atoms with Crippen molar-refractivity contribution in [3.05, 3.63) is 65.7 Å². The van der Waals surface area contributed by atoms with Gasteiger partial charge < -0.3 is 4.90 Å². The summed E-state index contributed by atoms with van der Waals surface area (Å²) in [6.45, 7) is 2.97. The van der Waals surface area contributed by atoms with Crippen LogP contribution in [0, 0.1) is 0 Å². The molecule has 2 rings (SSSR count). The number of sulfonamides is 1. The summed E-state index contributed by atoms with van der Waals surface area (Å²) in [5.41, 5.74) is 1.48. The molecule has 0 aliphatic rings. The average Bonchev–Trinajstić information content (AvgIpc) is 2.65. The minimum atomic E-state index is -3.72. The zero-order chi connectivity index (χ0) is 18.4. The molecule has 0 atom stereocenters. The fourth-order valence-corrected chi connectivity index (χ4v) is 3.30. The third-order valence-corrected chi connectivity index (χ3v) is 5.57. The first-order valence-corrected chi connectivity index (χ1v) is 9.30. The summed E-state index contributed by atoms with van der Waals surface area (Å²) in [6, 6.07) is 15.6. The van der Waals surface area contributed by atoms with Gasteiger partial charge in [-0.05, 0) is 36.8 Å². The number of benzene rings is 2. The third-order valence-electron chi connectivity index (χ3n) is 3.88. The SMILES string of the molecule is CCN(Cc1ccccc1)C(=O)c1ccc(S(=O)(=O)N(C)OC)cc1. The van der Waals surface area contributed by atoms with E-state index in [4.69, 9.17) is 4.84 Å². The predicted molar refractivity (Wildman–Crippen MR) is 95.3 cm³/mol. The number of carbonyl (C=O) groups is 1. The maximum atomic E-state index is 12.7. The van der Waals surface area contributed by atoms with Crippen LogP contribution in [0.1, 0.15) is 22.8 Å². The standard InChI is InChI=1S/C18H22N2O4S/c1-4-20(14-15-8-6-5-7-9-15)18(21)16-10-12-17(13-11-16)25(22,23)19(2)24-3/h5-13H,4,14H2,1-3H3. The van der Waals surface area contributed by atoms with E-state index in [2.05, 4.69) is 0 Å². The summed E-state index contributed by atoms with van der Waals surface area (Å²) in [5.74, 6) is -0.143. The highest BCUT2D eigenvalue weighted by Crippen LogP contribution is 2.17. The maximum absolute atomic E-state index is 12.7. The van der Waals surface area contributed by atoms with Gasteiger partial charge in [-0.25, -0.2) is 8.42 Å². The molecule has 0 aromatic heterocycles. The van der Waals surface area contributed by atoms with E-state index < -0.39 is 10.0 Å². The number of rotatable bonds is 7. The van der Waals surface area contributed by atoms with Gasteiger partial charge in [-0.3, -0.25) is 9.63 Å². The first kappa shape index (κ1) is 19.1. The highest BCUT2D eigenvalue weighted by molar-refractivity contribution is 7.89. The molecule has 2 aromatic rings. The summed E-state index contributed by atoms with van der Waals surface area (Å²) < 4.78 is 25.1. The van der Waals surface area contributed by atoms with Gasteiger partial charge >= 0.3 is 0 Å². The van der Waals surface area contributed by atoms with Gasteiger partial charge in [0.1, 0.15) is 0 Å². The van der Waals surface area contributed by atoms with E-state index >= 15 is 0 Å². The van der Waals surface area contributed by atoms with Gasteiger partial charge in [-0.1, -0.05) is 34.8 Å². The fourth-order valence-electron chi connectivity index (χ4n) is 2.33. The van der Waals surface area contributed by atoms with Crippen LogP contribution >= 0.6 is 0 Å². The monoisotopic (exact) mass is 362 g/mol. The molecule has 0 fully saturated rings. The molecule has 1 amide bonds. The third kappa shape index (κ3) is 4.45. The Morgan fingerprint density at radius 2 is 1.64 bits per heavy atom. The summed E-state index contributed by atoms with van der Waals surface area (Å²) in [4.78, 5) is 19.2. The number of hydrogen-bond acceptors (Lipinski definition) is 4. The van der Waals surface area contributed by atoms with Crippen molar-refractivity contribution in [1.82, 2.24) is 9.37 Å². The number of hydrogen-bond donors (Lipinski definition) is 0. The van der Waals surface area contributed by atoms with E-state index in [-0.39, 0.29) is 10.8 Å². The lowest BCUT2D eigenvalue weighted by molar-refractivity contribution is -0.0258. The molecule has 0 heterocycles. The van der Waals surface area contributed by atoms with Crippen molar-refractivity contribution < 1.29 is 18.0 Å². The lowest BCUT2D eigenvalue weighted by atomic mass is 10.1.